The van der Waals surface area contributed by atoms with E-state index in [9.17, 15) is 4.79 Å². The van der Waals surface area contributed by atoms with Crippen LogP contribution in [0.15, 0.2) is 66.7 Å². The Hall–Kier alpha value is -2.82. The smallest absolute Gasteiger partial charge is 0.308 e. The van der Waals surface area contributed by atoms with Gasteiger partial charge in [-0.3, -0.25) is 9.80 Å². The first-order valence-corrected chi connectivity index (χ1v) is 12.0. The maximum Gasteiger partial charge on any atom is 0.326 e. The van der Waals surface area contributed by atoms with Gasteiger partial charge in [-0.15, -0.1) is 0 Å². The standard InChI is InChI=1S/C28H30ClN3O/c1-20-6-9-24(10-7-20)30-27(33)32-19-28(25-16-21(2)8-11-26(25)32)12-14-31(15-13-28)18-22-4-3-5-23(29)17-22/h3-11,16-17H,12-15,18-19H2,1-2H3,(H,30,33). The zero-order valence-corrected chi connectivity index (χ0v) is 20.0. The van der Waals surface area contributed by atoms with Crippen LogP contribution in [0.3, 0.4) is 0 Å². The van der Waals surface area contributed by atoms with Crippen LogP contribution in [-0.2, 0) is 12.0 Å². The summed E-state index contributed by atoms with van der Waals surface area (Å²) in [6.45, 7) is 7.84. The summed E-state index contributed by atoms with van der Waals surface area (Å²) >= 11 is 6.18. The molecule has 0 saturated carbocycles. The molecule has 33 heavy (non-hydrogen) atoms. The number of piperidine rings is 1. The number of carbonyl (C=O) groups excluding carboxylic acids is 1. The zero-order chi connectivity index (χ0) is 23.0. The van der Waals surface area contributed by atoms with E-state index in [4.69, 9.17) is 11.6 Å². The van der Waals surface area contributed by atoms with E-state index in [2.05, 4.69) is 47.5 Å². The van der Waals surface area contributed by atoms with Crippen LogP contribution in [0.5, 0.6) is 0 Å². The van der Waals surface area contributed by atoms with E-state index in [0.717, 1.165) is 55.4 Å². The second-order valence-corrected chi connectivity index (χ2v) is 10.0. The van der Waals surface area contributed by atoms with E-state index in [1.165, 1.54) is 22.3 Å². The number of hydrogen-bond donors (Lipinski definition) is 1. The molecule has 0 aromatic heterocycles. The Kier molecular flexibility index (Phi) is 5.90. The van der Waals surface area contributed by atoms with E-state index < -0.39 is 0 Å². The van der Waals surface area contributed by atoms with E-state index in [-0.39, 0.29) is 11.4 Å². The predicted octanol–water partition coefficient (Wildman–Crippen LogP) is 6.54. The van der Waals surface area contributed by atoms with Gasteiger partial charge in [0.05, 0.1) is 0 Å². The molecule has 170 valence electrons. The molecule has 5 heteroatoms. The summed E-state index contributed by atoms with van der Waals surface area (Å²) < 4.78 is 0. The Bertz CT molecular complexity index is 1170. The van der Waals surface area contributed by atoms with Crippen LogP contribution >= 0.6 is 11.6 Å². The van der Waals surface area contributed by atoms with Crippen molar-refractivity contribution in [2.45, 2.75) is 38.6 Å². The van der Waals surface area contributed by atoms with Crippen molar-refractivity contribution in [1.29, 1.82) is 0 Å². The molecule has 3 aromatic rings. The number of nitrogens with one attached hydrogen (secondary N) is 1. The lowest BCUT2D eigenvalue weighted by atomic mass is 9.74. The Morgan fingerprint density at radius 2 is 1.70 bits per heavy atom. The lowest BCUT2D eigenvalue weighted by Crippen LogP contribution is -2.46. The van der Waals surface area contributed by atoms with Crippen LogP contribution in [0.2, 0.25) is 5.02 Å². The average molecular weight is 460 g/mol. The fourth-order valence-electron chi connectivity index (χ4n) is 5.25. The molecule has 2 aliphatic rings. The van der Waals surface area contributed by atoms with Gasteiger partial charge in [0.1, 0.15) is 0 Å². The largest absolute Gasteiger partial charge is 0.326 e. The minimum Gasteiger partial charge on any atom is -0.308 e. The summed E-state index contributed by atoms with van der Waals surface area (Å²) in [7, 11) is 0. The number of amides is 2. The summed E-state index contributed by atoms with van der Waals surface area (Å²) in [6, 6.07) is 22.6. The Labute approximate surface area is 201 Å². The Morgan fingerprint density at radius 1 is 0.970 bits per heavy atom. The van der Waals surface area contributed by atoms with Crippen LogP contribution in [0.1, 0.15) is 35.1 Å². The van der Waals surface area contributed by atoms with Gasteiger partial charge in [-0.2, -0.15) is 0 Å². The number of likely N-dealkylation sites (tertiary alicyclic amines) is 1. The van der Waals surface area contributed by atoms with Crippen LogP contribution in [0.4, 0.5) is 16.2 Å². The second kappa shape index (κ2) is 8.85. The molecule has 4 nitrogen and oxygen atoms in total. The third kappa shape index (κ3) is 4.50. The van der Waals surface area contributed by atoms with Crippen LogP contribution < -0.4 is 10.2 Å². The van der Waals surface area contributed by atoms with E-state index in [1.54, 1.807) is 0 Å². The molecular weight excluding hydrogens is 430 g/mol. The number of halogens is 1. The lowest BCUT2D eigenvalue weighted by molar-refractivity contribution is 0.160. The molecule has 1 spiro atoms. The van der Waals surface area contributed by atoms with Crippen LogP contribution in [0, 0.1) is 13.8 Å². The molecule has 0 unspecified atom stereocenters. The molecule has 1 fully saturated rings. The average Bonchev–Trinajstić information content (AvgIpc) is 3.10. The van der Waals surface area contributed by atoms with Crippen molar-refractivity contribution in [3.05, 3.63) is 94.0 Å². The SMILES string of the molecule is Cc1ccc(NC(=O)N2CC3(CCN(Cc4cccc(Cl)c4)CC3)c3cc(C)ccc32)cc1. The predicted molar refractivity (Wildman–Crippen MR) is 136 cm³/mol. The topological polar surface area (TPSA) is 35.6 Å². The Morgan fingerprint density at radius 3 is 2.42 bits per heavy atom. The van der Waals surface area contributed by atoms with E-state index in [0.29, 0.717) is 0 Å². The minimum atomic E-state index is -0.0535. The van der Waals surface area contributed by atoms with Gasteiger partial charge < -0.3 is 5.32 Å². The number of carbonyl (C=O) groups is 1. The third-order valence-electron chi connectivity index (χ3n) is 7.13. The summed E-state index contributed by atoms with van der Waals surface area (Å²) in [5.74, 6) is 0. The highest BCUT2D eigenvalue weighted by Crippen LogP contribution is 2.47. The van der Waals surface area contributed by atoms with E-state index in [1.807, 2.05) is 48.2 Å². The molecule has 1 N–H and O–H groups in total. The first kappa shape index (κ1) is 22.0. The van der Waals surface area contributed by atoms with Crippen molar-refractivity contribution >= 4 is 29.0 Å². The number of urea groups is 1. The molecule has 1 saturated heterocycles. The van der Waals surface area contributed by atoms with Gasteiger partial charge in [-0.1, -0.05) is 59.1 Å². The van der Waals surface area contributed by atoms with Gasteiger partial charge >= 0.3 is 6.03 Å². The number of anilines is 2. The number of rotatable bonds is 3. The highest BCUT2D eigenvalue weighted by atomic mass is 35.5. The maximum atomic E-state index is 13.3. The molecule has 3 aromatic carbocycles. The molecule has 0 radical (unpaired) electrons. The molecule has 0 atom stereocenters. The van der Waals surface area contributed by atoms with Gasteiger partial charge in [-0.25, -0.2) is 4.79 Å². The zero-order valence-electron chi connectivity index (χ0n) is 19.3. The minimum absolute atomic E-state index is 0.0107. The summed E-state index contributed by atoms with van der Waals surface area (Å²) in [5, 5.41) is 3.89. The van der Waals surface area contributed by atoms with Gasteiger partial charge in [0, 0.05) is 34.9 Å². The summed E-state index contributed by atoms with van der Waals surface area (Å²) in [5.41, 5.74) is 6.89. The molecule has 0 aliphatic carbocycles. The molecular formula is C28H30ClN3O. The molecule has 2 heterocycles. The normalized spacial score (nSPS) is 17.2. The second-order valence-electron chi connectivity index (χ2n) is 9.59. The van der Waals surface area contributed by atoms with Crippen molar-refractivity contribution in [3.8, 4) is 0 Å². The number of aryl methyl sites for hydroxylation is 2. The molecule has 2 aliphatic heterocycles. The first-order chi connectivity index (χ1) is 15.9. The highest BCUT2D eigenvalue weighted by molar-refractivity contribution is 6.30. The fraction of sp³-hybridized carbons (Fsp3) is 0.321. The Balaban J connectivity index is 1.34. The quantitative estimate of drug-likeness (QED) is 0.482. The third-order valence-corrected chi connectivity index (χ3v) is 7.37. The monoisotopic (exact) mass is 459 g/mol. The fourth-order valence-corrected chi connectivity index (χ4v) is 5.47. The van der Waals surface area contributed by atoms with Crippen molar-refractivity contribution in [3.63, 3.8) is 0 Å². The van der Waals surface area contributed by atoms with E-state index >= 15 is 0 Å². The number of nitrogens with zero attached hydrogens (tertiary/aromatic N) is 2. The highest BCUT2D eigenvalue weighted by Gasteiger charge is 2.46. The molecule has 2 amide bonds. The van der Waals surface area contributed by atoms with Crippen molar-refractivity contribution in [2.24, 2.45) is 0 Å². The van der Waals surface area contributed by atoms with Gasteiger partial charge in [0.2, 0.25) is 0 Å². The van der Waals surface area contributed by atoms with Crippen LogP contribution in [-0.4, -0.2) is 30.6 Å². The van der Waals surface area contributed by atoms with Crippen molar-refractivity contribution in [1.82, 2.24) is 4.90 Å². The first-order valence-electron chi connectivity index (χ1n) is 11.7. The van der Waals surface area contributed by atoms with Crippen molar-refractivity contribution in [2.75, 3.05) is 29.9 Å². The van der Waals surface area contributed by atoms with Gasteiger partial charge in [0.25, 0.3) is 0 Å². The number of fused-ring (bicyclic) bond motifs is 2. The number of hydrogen-bond acceptors (Lipinski definition) is 2. The van der Waals surface area contributed by atoms with Crippen molar-refractivity contribution < 1.29 is 4.79 Å². The number of benzene rings is 3. The molecule has 5 rings (SSSR count). The molecule has 0 bridgehead atoms. The van der Waals surface area contributed by atoms with Gasteiger partial charge in [0.15, 0.2) is 0 Å². The lowest BCUT2D eigenvalue weighted by Gasteiger charge is -2.40. The van der Waals surface area contributed by atoms with Gasteiger partial charge in [-0.05, 0) is 81.2 Å². The summed E-state index contributed by atoms with van der Waals surface area (Å²) in [4.78, 5) is 17.7. The van der Waals surface area contributed by atoms with Crippen LogP contribution in [0.25, 0.3) is 0 Å². The maximum absolute atomic E-state index is 13.3. The summed E-state index contributed by atoms with van der Waals surface area (Å²) in [6.07, 6.45) is 2.08.